The predicted molar refractivity (Wildman–Crippen MR) is 217 cm³/mol. The van der Waals surface area contributed by atoms with Crippen LogP contribution >= 0.6 is 0 Å². The molecule has 1 aliphatic rings. The monoisotopic (exact) mass is 658 g/mol. The van der Waals surface area contributed by atoms with Crippen LogP contribution in [0.25, 0.3) is 34.1 Å². The van der Waals surface area contributed by atoms with Crippen molar-refractivity contribution in [2.75, 3.05) is 4.90 Å². The smallest absolute Gasteiger partial charge is 0.0944 e. The van der Waals surface area contributed by atoms with E-state index >= 15 is 0 Å². The van der Waals surface area contributed by atoms with Gasteiger partial charge in [-0.15, -0.1) is 6.58 Å². The lowest BCUT2D eigenvalue weighted by atomic mass is 9.67. The summed E-state index contributed by atoms with van der Waals surface area (Å²) in [7, 11) is 0. The van der Waals surface area contributed by atoms with Gasteiger partial charge in [0.1, 0.15) is 0 Å². The summed E-state index contributed by atoms with van der Waals surface area (Å²) < 4.78 is 0. The van der Waals surface area contributed by atoms with E-state index in [-0.39, 0.29) is 11.5 Å². The fraction of sp³-hybridized carbons (Fsp3) is 0.122. The molecular formula is C49H42N2. The third-order valence-electron chi connectivity index (χ3n) is 10.2. The summed E-state index contributed by atoms with van der Waals surface area (Å²) in [6, 6.07) is 52.8. The minimum atomic E-state index is -0.294. The maximum atomic E-state index is 9.15. The average molecular weight is 659 g/mol. The molecular weight excluding hydrogens is 617 g/mol. The Morgan fingerprint density at radius 1 is 0.804 bits per heavy atom. The number of anilines is 2. The van der Waals surface area contributed by atoms with Gasteiger partial charge >= 0.3 is 0 Å². The molecule has 7 rings (SSSR count). The lowest BCUT2D eigenvalue weighted by molar-refractivity contribution is 0.634. The number of nitriles is 1. The zero-order valence-electron chi connectivity index (χ0n) is 29.3. The molecule has 0 amide bonds. The van der Waals surface area contributed by atoms with E-state index in [1.54, 1.807) is 0 Å². The zero-order valence-corrected chi connectivity index (χ0v) is 29.3. The highest BCUT2D eigenvalue weighted by molar-refractivity contribution is 5.95. The van der Waals surface area contributed by atoms with Crippen LogP contribution in [0.15, 0.2) is 176 Å². The van der Waals surface area contributed by atoms with Gasteiger partial charge in [0.2, 0.25) is 0 Å². The second kappa shape index (κ2) is 14.8. The maximum Gasteiger partial charge on any atom is 0.0944 e. The van der Waals surface area contributed by atoms with E-state index in [0.29, 0.717) is 5.57 Å². The predicted octanol–water partition coefficient (Wildman–Crippen LogP) is 12.6. The van der Waals surface area contributed by atoms with Gasteiger partial charge in [0.15, 0.2) is 0 Å². The van der Waals surface area contributed by atoms with Gasteiger partial charge in [-0.25, -0.2) is 0 Å². The fourth-order valence-electron chi connectivity index (χ4n) is 7.49. The Morgan fingerprint density at radius 3 is 2.14 bits per heavy atom. The Bertz CT molecular complexity index is 2290. The summed E-state index contributed by atoms with van der Waals surface area (Å²) in [6.07, 6.45) is 14.8. The quantitative estimate of drug-likeness (QED) is 0.108. The summed E-state index contributed by atoms with van der Waals surface area (Å²) >= 11 is 0. The first-order valence-corrected chi connectivity index (χ1v) is 17.7. The maximum absolute atomic E-state index is 9.15. The number of allylic oxidation sites excluding steroid dienone is 3. The SMILES string of the molecule is C=CC(C/C=C\C)N(c1ccccc1)c1ccc2c3c(ccc2c1)CC(c1ccccc1)(c1ccc(-c2ccc(/C=C(/C)C#N)cc2)cc1)C=C3. The standard InChI is InChI=1S/C49H42N2/c1-4-6-15-44(5-2)51(45-16-11-8-12-17-45)46-28-29-47-40(33-46)22-23-41-34-49(31-30-48(41)47,42-13-9-7-10-14-42)43-26-24-39(25-27-43)38-20-18-37(19-21-38)32-36(3)35-50/h4-14,16-33,44H,2,15,34H2,1,3H3/b6-4-,36-32-. The Balaban J connectivity index is 1.25. The molecule has 0 heterocycles. The van der Waals surface area contributed by atoms with E-state index in [1.807, 2.05) is 13.0 Å². The van der Waals surface area contributed by atoms with Gasteiger partial charge in [-0.3, -0.25) is 0 Å². The Hall–Kier alpha value is -6.17. The molecule has 0 fully saturated rings. The number of rotatable bonds is 10. The minimum absolute atomic E-state index is 0.131. The van der Waals surface area contributed by atoms with Crippen molar-refractivity contribution < 1.29 is 0 Å². The Morgan fingerprint density at radius 2 is 1.47 bits per heavy atom. The van der Waals surface area contributed by atoms with Crippen molar-refractivity contribution in [3.63, 3.8) is 0 Å². The number of fused-ring (bicyclic) bond motifs is 3. The highest BCUT2D eigenvalue weighted by atomic mass is 15.2. The van der Waals surface area contributed by atoms with Crippen molar-refractivity contribution >= 4 is 34.3 Å². The molecule has 0 saturated heterocycles. The van der Waals surface area contributed by atoms with Crippen LogP contribution in [-0.2, 0) is 11.8 Å². The van der Waals surface area contributed by atoms with Crippen molar-refractivity contribution in [3.8, 4) is 17.2 Å². The van der Waals surface area contributed by atoms with Crippen LogP contribution in [0.1, 0.15) is 48.1 Å². The molecule has 0 saturated carbocycles. The lowest BCUT2D eigenvalue weighted by Crippen LogP contribution is -2.30. The molecule has 0 spiro atoms. The molecule has 6 aromatic carbocycles. The van der Waals surface area contributed by atoms with Crippen LogP contribution < -0.4 is 4.90 Å². The van der Waals surface area contributed by atoms with Gasteiger partial charge in [-0.2, -0.15) is 5.26 Å². The molecule has 0 aliphatic heterocycles. The van der Waals surface area contributed by atoms with Crippen molar-refractivity contribution in [1.82, 2.24) is 0 Å². The molecule has 248 valence electrons. The molecule has 0 bridgehead atoms. The van der Waals surface area contributed by atoms with Crippen molar-refractivity contribution in [2.45, 2.75) is 38.1 Å². The largest absolute Gasteiger partial charge is 0.334 e. The van der Waals surface area contributed by atoms with Crippen LogP contribution in [0.5, 0.6) is 0 Å². The molecule has 2 unspecified atom stereocenters. The molecule has 0 N–H and O–H groups in total. The van der Waals surface area contributed by atoms with Gasteiger partial charge in [-0.1, -0.05) is 146 Å². The van der Waals surface area contributed by atoms with Crippen LogP contribution in [0.4, 0.5) is 11.4 Å². The number of hydrogen-bond acceptors (Lipinski definition) is 2. The molecule has 6 aromatic rings. The minimum Gasteiger partial charge on any atom is -0.334 e. The van der Waals surface area contributed by atoms with Crippen molar-refractivity contribution in [3.05, 3.63) is 204 Å². The van der Waals surface area contributed by atoms with Crippen LogP contribution in [0.3, 0.4) is 0 Å². The van der Waals surface area contributed by atoms with Gasteiger partial charge in [0.25, 0.3) is 0 Å². The topological polar surface area (TPSA) is 27.0 Å². The second-order valence-electron chi connectivity index (χ2n) is 13.3. The van der Waals surface area contributed by atoms with Gasteiger partial charge < -0.3 is 4.90 Å². The van der Waals surface area contributed by atoms with Gasteiger partial charge in [0, 0.05) is 22.4 Å². The average Bonchev–Trinajstić information content (AvgIpc) is 3.20. The summed E-state index contributed by atoms with van der Waals surface area (Å²) in [5.74, 6) is 0. The van der Waals surface area contributed by atoms with Crippen molar-refractivity contribution in [1.29, 1.82) is 5.26 Å². The van der Waals surface area contributed by atoms with Crippen molar-refractivity contribution in [2.24, 2.45) is 0 Å². The molecule has 2 nitrogen and oxygen atoms in total. The normalized spacial score (nSPS) is 16.1. The molecule has 2 heteroatoms. The number of nitrogens with zero attached hydrogens (tertiary/aromatic N) is 2. The van der Waals surface area contributed by atoms with Gasteiger partial charge in [-0.05, 0) is 107 Å². The van der Waals surface area contributed by atoms with E-state index in [0.717, 1.165) is 35.3 Å². The third-order valence-corrected chi connectivity index (χ3v) is 10.2. The molecule has 2 atom stereocenters. The summed E-state index contributed by atoms with van der Waals surface area (Å²) in [5, 5.41) is 11.6. The van der Waals surface area contributed by atoms with E-state index in [2.05, 4.69) is 194 Å². The molecule has 0 aromatic heterocycles. The highest BCUT2D eigenvalue weighted by Crippen LogP contribution is 2.44. The molecule has 0 radical (unpaired) electrons. The van der Waals surface area contributed by atoms with Crippen LogP contribution in [0, 0.1) is 11.3 Å². The first kappa shape index (κ1) is 33.3. The Kier molecular flexibility index (Phi) is 9.64. The summed E-state index contributed by atoms with van der Waals surface area (Å²) in [6.45, 7) is 8.11. The van der Waals surface area contributed by atoms with Gasteiger partial charge in [0.05, 0.1) is 12.1 Å². The fourth-order valence-corrected chi connectivity index (χ4v) is 7.49. The van der Waals surface area contributed by atoms with E-state index in [4.69, 9.17) is 5.26 Å². The molecule has 1 aliphatic carbocycles. The molecule has 51 heavy (non-hydrogen) atoms. The number of para-hydroxylation sites is 1. The first-order valence-electron chi connectivity index (χ1n) is 17.7. The van der Waals surface area contributed by atoms with Crippen LogP contribution in [-0.4, -0.2) is 6.04 Å². The lowest BCUT2D eigenvalue weighted by Gasteiger charge is -2.36. The first-order chi connectivity index (χ1) is 25.0. The van der Waals surface area contributed by atoms with E-state index in [1.165, 1.54) is 38.6 Å². The highest BCUT2D eigenvalue weighted by Gasteiger charge is 2.35. The Labute approximate surface area is 302 Å². The number of benzene rings is 6. The number of hydrogen-bond donors (Lipinski definition) is 0. The van der Waals surface area contributed by atoms with E-state index in [9.17, 15) is 0 Å². The summed E-state index contributed by atoms with van der Waals surface area (Å²) in [5.41, 5.74) is 11.3. The zero-order chi connectivity index (χ0) is 35.2. The second-order valence-corrected chi connectivity index (χ2v) is 13.3. The summed E-state index contributed by atoms with van der Waals surface area (Å²) in [4.78, 5) is 2.40. The van der Waals surface area contributed by atoms with E-state index < -0.39 is 0 Å². The third kappa shape index (κ3) is 6.72. The van der Waals surface area contributed by atoms with Crippen LogP contribution in [0.2, 0.25) is 0 Å².